The number of aromatic nitrogens is 3. The van der Waals surface area contributed by atoms with Crippen LogP contribution in [0.5, 0.6) is 0 Å². The van der Waals surface area contributed by atoms with Crippen LogP contribution in [0, 0.1) is 0 Å². The number of aryl methyl sites for hydroxylation is 1. The zero-order valence-corrected chi connectivity index (χ0v) is 15.9. The van der Waals surface area contributed by atoms with E-state index in [9.17, 15) is 0 Å². The first-order chi connectivity index (χ1) is 12.2. The fourth-order valence-corrected chi connectivity index (χ4v) is 2.58. The van der Waals surface area contributed by atoms with E-state index in [0.29, 0.717) is 0 Å². The fraction of sp³-hybridized carbons (Fsp3) is 0.375. The lowest BCUT2D eigenvalue weighted by atomic mass is 10.1. The molecule has 1 aromatic carbocycles. The first-order valence-corrected chi connectivity index (χ1v) is 9.60. The molecule has 0 saturated carbocycles. The number of pyridine rings is 1. The predicted octanol–water partition coefficient (Wildman–Crippen LogP) is 1.56. The van der Waals surface area contributed by atoms with Crippen molar-refractivity contribution < 1.29 is 19.2 Å². The topological polar surface area (TPSA) is 124 Å². The first-order valence-electron chi connectivity index (χ1n) is 8.04. The smallest absolute Gasteiger partial charge is 0.384 e. The minimum Gasteiger partial charge on any atom is -0.384 e. The molecule has 0 aliphatic carbocycles. The molecule has 0 radical (unpaired) electrons. The number of anilines is 1. The zero-order chi connectivity index (χ0) is 19.3. The van der Waals surface area contributed by atoms with E-state index in [-0.39, 0.29) is 0 Å². The molecule has 0 amide bonds. The number of nitrogens with one attached hydrogen (secondary N) is 1. The molecule has 0 aliphatic heterocycles. The van der Waals surface area contributed by atoms with Gasteiger partial charge in [-0.05, 0) is 33.1 Å². The van der Waals surface area contributed by atoms with Crippen molar-refractivity contribution in [2.45, 2.75) is 6.42 Å². The van der Waals surface area contributed by atoms with Gasteiger partial charge in [-0.25, -0.2) is 9.55 Å². The molecule has 4 N–H and O–H groups in total. The van der Waals surface area contributed by atoms with Crippen molar-refractivity contribution in [2.24, 2.45) is 7.05 Å². The average molecular weight is 381 g/mol. The number of hydrogen-bond acceptors (Lipinski definition) is 5. The summed E-state index contributed by atoms with van der Waals surface area (Å²) in [7, 11) is 1.49. The van der Waals surface area contributed by atoms with Gasteiger partial charge in [0.05, 0.1) is 22.8 Å². The second-order valence-electron chi connectivity index (χ2n) is 6.11. The summed E-state index contributed by atoms with van der Waals surface area (Å²) >= 11 is 0. The van der Waals surface area contributed by atoms with Crippen molar-refractivity contribution in [1.29, 1.82) is 0 Å². The highest BCUT2D eigenvalue weighted by Gasteiger charge is 2.11. The lowest BCUT2D eigenvalue weighted by molar-refractivity contribution is 0.275. The quantitative estimate of drug-likeness (QED) is 0.388. The average Bonchev–Trinajstić information content (AvgIpc) is 2.90. The molecule has 0 atom stereocenters. The minimum absolute atomic E-state index is 0.920. The number of para-hydroxylation sites is 1. The number of rotatable bonds is 5. The van der Waals surface area contributed by atoms with Crippen molar-refractivity contribution in [3.8, 4) is 0 Å². The van der Waals surface area contributed by atoms with Crippen LogP contribution < -0.4 is 5.32 Å². The number of fused-ring (bicyclic) bond motifs is 2. The fourth-order valence-electron chi connectivity index (χ4n) is 2.58. The number of phosphoric acid groups is 1. The molecule has 0 bridgehead atoms. The third-order valence-corrected chi connectivity index (χ3v) is 3.66. The van der Waals surface area contributed by atoms with Crippen molar-refractivity contribution in [3.05, 3.63) is 30.5 Å². The van der Waals surface area contributed by atoms with Gasteiger partial charge >= 0.3 is 7.82 Å². The zero-order valence-electron chi connectivity index (χ0n) is 15.0. The molecule has 10 heteroatoms. The van der Waals surface area contributed by atoms with Crippen molar-refractivity contribution in [2.75, 3.05) is 32.5 Å². The van der Waals surface area contributed by atoms with Crippen LogP contribution in [0.3, 0.4) is 0 Å². The van der Waals surface area contributed by atoms with Crippen LogP contribution in [0.2, 0.25) is 0 Å². The molecule has 0 saturated heterocycles. The molecule has 0 aliphatic rings. The van der Waals surface area contributed by atoms with Gasteiger partial charge in [0.1, 0.15) is 0 Å². The SMILES string of the molecule is CN(C)CCCNc1c2ccccc2nc2c1cnn2C.O=P(O)(O)O. The van der Waals surface area contributed by atoms with Crippen LogP contribution in [0.25, 0.3) is 21.9 Å². The van der Waals surface area contributed by atoms with Gasteiger partial charge in [-0.3, -0.25) is 4.68 Å². The van der Waals surface area contributed by atoms with Crippen LogP contribution >= 0.6 is 7.82 Å². The van der Waals surface area contributed by atoms with Crippen LogP contribution in [-0.4, -0.2) is 61.5 Å². The van der Waals surface area contributed by atoms with Crippen LogP contribution in [-0.2, 0) is 11.6 Å². The van der Waals surface area contributed by atoms with Gasteiger partial charge in [-0.15, -0.1) is 0 Å². The van der Waals surface area contributed by atoms with Gasteiger partial charge in [-0.2, -0.15) is 5.10 Å². The molecular formula is C16H24N5O4P. The summed E-state index contributed by atoms with van der Waals surface area (Å²) in [5.41, 5.74) is 3.06. The van der Waals surface area contributed by atoms with Crippen LogP contribution in [0.15, 0.2) is 30.5 Å². The number of hydrogen-bond donors (Lipinski definition) is 4. The first kappa shape index (κ1) is 20.3. The van der Waals surface area contributed by atoms with Crippen molar-refractivity contribution >= 4 is 35.4 Å². The molecular weight excluding hydrogens is 357 g/mol. The number of benzene rings is 1. The Morgan fingerprint density at radius 2 is 1.85 bits per heavy atom. The summed E-state index contributed by atoms with van der Waals surface area (Å²) < 4.78 is 10.7. The van der Waals surface area contributed by atoms with E-state index < -0.39 is 7.82 Å². The molecule has 3 rings (SSSR count). The van der Waals surface area contributed by atoms with Gasteiger partial charge in [0.15, 0.2) is 5.65 Å². The Morgan fingerprint density at radius 3 is 2.50 bits per heavy atom. The van der Waals surface area contributed by atoms with E-state index in [2.05, 4.69) is 41.5 Å². The van der Waals surface area contributed by atoms with E-state index >= 15 is 0 Å². The lowest BCUT2D eigenvalue weighted by Gasteiger charge is -2.13. The second-order valence-corrected chi connectivity index (χ2v) is 7.13. The molecule has 26 heavy (non-hydrogen) atoms. The maximum absolute atomic E-state index is 8.88. The Labute approximate surface area is 151 Å². The Morgan fingerprint density at radius 1 is 1.19 bits per heavy atom. The third-order valence-electron chi connectivity index (χ3n) is 3.66. The summed E-state index contributed by atoms with van der Waals surface area (Å²) in [6.45, 7) is 2.02. The maximum Gasteiger partial charge on any atom is 0.466 e. The monoisotopic (exact) mass is 381 g/mol. The molecule has 2 aromatic heterocycles. The second kappa shape index (κ2) is 8.57. The molecule has 0 unspecified atom stereocenters. The van der Waals surface area contributed by atoms with Crippen molar-refractivity contribution in [3.63, 3.8) is 0 Å². The summed E-state index contributed by atoms with van der Waals surface area (Å²) in [6, 6.07) is 8.24. The predicted molar refractivity (Wildman–Crippen MR) is 102 cm³/mol. The molecule has 142 valence electrons. The molecule has 0 fully saturated rings. The molecule has 3 aromatic rings. The van der Waals surface area contributed by atoms with E-state index in [1.165, 1.54) is 0 Å². The Balaban J connectivity index is 0.000000431. The van der Waals surface area contributed by atoms with Gasteiger partial charge in [0, 0.05) is 19.0 Å². The molecule has 0 spiro atoms. The molecule has 9 nitrogen and oxygen atoms in total. The summed E-state index contributed by atoms with van der Waals surface area (Å²) in [5.74, 6) is 0. The summed E-state index contributed by atoms with van der Waals surface area (Å²) in [6.07, 6.45) is 2.99. The highest BCUT2D eigenvalue weighted by molar-refractivity contribution is 7.45. The van der Waals surface area contributed by atoms with Crippen LogP contribution in [0.1, 0.15) is 6.42 Å². The molecule has 2 heterocycles. The highest BCUT2D eigenvalue weighted by Crippen LogP contribution is 2.30. The largest absolute Gasteiger partial charge is 0.466 e. The van der Waals surface area contributed by atoms with E-state index in [4.69, 9.17) is 24.2 Å². The third kappa shape index (κ3) is 5.76. The van der Waals surface area contributed by atoms with Crippen LogP contribution in [0.4, 0.5) is 5.69 Å². The lowest BCUT2D eigenvalue weighted by Crippen LogP contribution is -2.16. The Bertz CT molecular complexity index is 913. The summed E-state index contributed by atoms with van der Waals surface area (Å²) in [5, 5.41) is 10.2. The highest BCUT2D eigenvalue weighted by atomic mass is 31.2. The maximum atomic E-state index is 8.88. The van der Waals surface area contributed by atoms with Gasteiger partial charge in [0.25, 0.3) is 0 Å². The van der Waals surface area contributed by atoms with E-state index in [1.54, 1.807) is 0 Å². The van der Waals surface area contributed by atoms with Crippen molar-refractivity contribution in [1.82, 2.24) is 19.7 Å². The van der Waals surface area contributed by atoms with Gasteiger partial charge in [0.2, 0.25) is 0 Å². The Kier molecular flexibility index (Phi) is 6.69. The van der Waals surface area contributed by atoms with E-state index in [0.717, 1.165) is 47.1 Å². The van der Waals surface area contributed by atoms with Gasteiger partial charge in [-0.1, -0.05) is 18.2 Å². The van der Waals surface area contributed by atoms with E-state index in [1.807, 2.05) is 30.1 Å². The summed E-state index contributed by atoms with van der Waals surface area (Å²) in [4.78, 5) is 28.5. The normalized spacial score (nSPS) is 11.7. The minimum atomic E-state index is -4.64. The Hall–Kier alpha value is -2.03. The van der Waals surface area contributed by atoms with Gasteiger partial charge < -0.3 is 24.9 Å². The number of nitrogens with zero attached hydrogens (tertiary/aromatic N) is 4. The standard InChI is InChI=1S/C16H21N5.H3O4P/c1-20(2)10-6-9-17-15-12-7-4-5-8-14(12)19-16-13(15)11-18-21(16)3;1-5(2,3)4/h4-5,7-8,11H,6,9-10H2,1-3H3,(H,17,19);(H3,1,2,3,4).